The Morgan fingerprint density at radius 3 is 2.79 bits per heavy atom. The average Bonchev–Trinajstić information content (AvgIpc) is 3.21. The molecular formula is C23H27F2N7O2. The predicted molar refractivity (Wildman–Crippen MR) is 125 cm³/mol. The van der Waals surface area contributed by atoms with Crippen LogP contribution in [0.4, 0.5) is 26.2 Å². The monoisotopic (exact) mass is 471 g/mol. The molecule has 180 valence electrons. The minimum atomic E-state index is -1.66. The molecule has 4 N–H and O–H groups in total. The van der Waals surface area contributed by atoms with Gasteiger partial charge in [-0.25, -0.2) is 23.7 Å². The number of halogens is 2. The molecule has 3 heterocycles. The standard InChI is InChI=1S/C23H27F2N7O2/c1-23(2,34)19(25)12-28-21(33)13-10-27-20(9-17(13)30-15-6-3-5-14(15)24)32-22-29-11-18-16(31-22)7-4-8-26-18/h4,7-11,14-15,19,34H,3,5-6,12H2,1-2H3,(H,28,33)(H2,27,29,30,31,32)/t14-,15+,19+/m0/s1. The second-order valence-electron chi connectivity index (χ2n) is 8.87. The molecule has 0 aromatic carbocycles. The van der Waals surface area contributed by atoms with Crippen molar-refractivity contribution in [2.24, 2.45) is 0 Å². The van der Waals surface area contributed by atoms with E-state index in [1.807, 2.05) is 0 Å². The average molecular weight is 472 g/mol. The lowest BCUT2D eigenvalue weighted by Crippen LogP contribution is -2.42. The lowest BCUT2D eigenvalue weighted by molar-refractivity contribution is -0.00177. The van der Waals surface area contributed by atoms with Gasteiger partial charge in [-0.2, -0.15) is 0 Å². The van der Waals surface area contributed by atoms with E-state index in [1.54, 1.807) is 30.6 Å². The van der Waals surface area contributed by atoms with Gasteiger partial charge in [0.2, 0.25) is 5.95 Å². The maximum absolute atomic E-state index is 14.3. The number of alkyl halides is 2. The zero-order valence-corrected chi connectivity index (χ0v) is 18.9. The molecule has 1 aliphatic carbocycles. The first-order valence-electron chi connectivity index (χ1n) is 11.1. The number of fused-ring (bicyclic) bond motifs is 1. The summed E-state index contributed by atoms with van der Waals surface area (Å²) in [6.45, 7) is 2.27. The highest BCUT2D eigenvalue weighted by Crippen LogP contribution is 2.28. The highest BCUT2D eigenvalue weighted by molar-refractivity contribution is 6.00. The fourth-order valence-electron chi connectivity index (χ4n) is 3.67. The molecule has 1 fully saturated rings. The SMILES string of the molecule is CC(C)(O)[C@H](F)CNC(=O)c1cnc(Nc2ncc3ncccc3n2)cc1N[C@@H]1CCC[C@@H]1F. The molecule has 9 nitrogen and oxygen atoms in total. The predicted octanol–water partition coefficient (Wildman–Crippen LogP) is 3.30. The van der Waals surface area contributed by atoms with Gasteiger partial charge in [-0.05, 0) is 45.2 Å². The molecule has 3 aromatic heterocycles. The number of hydrogen-bond acceptors (Lipinski definition) is 8. The fourth-order valence-corrected chi connectivity index (χ4v) is 3.67. The van der Waals surface area contributed by atoms with Crippen LogP contribution in [0.3, 0.4) is 0 Å². The first kappa shape index (κ1) is 23.7. The zero-order valence-electron chi connectivity index (χ0n) is 18.9. The highest BCUT2D eigenvalue weighted by atomic mass is 19.1. The van der Waals surface area contributed by atoms with Crippen LogP contribution in [0.25, 0.3) is 11.0 Å². The van der Waals surface area contributed by atoms with Crippen LogP contribution in [-0.4, -0.2) is 61.5 Å². The van der Waals surface area contributed by atoms with Crippen LogP contribution in [0.5, 0.6) is 0 Å². The third-order valence-corrected chi connectivity index (χ3v) is 5.72. The lowest BCUT2D eigenvalue weighted by atomic mass is 10.0. The third-order valence-electron chi connectivity index (χ3n) is 5.72. The van der Waals surface area contributed by atoms with Crippen molar-refractivity contribution < 1.29 is 18.7 Å². The Kier molecular flexibility index (Phi) is 6.82. The number of nitrogens with one attached hydrogen (secondary N) is 3. The van der Waals surface area contributed by atoms with E-state index in [9.17, 15) is 18.7 Å². The van der Waals surface area contributed by atoms with Crippen molar-refractivity contribution >= 4 is 34.4 Å². The largest absolute Gasteiger partial charge is 0.387 e. The summed E-state index contributed by atoms with van der Waals surface area (Å²) in [7, 11) is 0. The number of carbonyl (C=O) groups excluding carboxylic acids is 1. The molecule has 1 aliphatic rings. The van der Waals surface area contributed by atoms with Crippen LogP contribution >= 0.6 is 0 Å². The van der Waals surface area contributed by atoms with Crippen LogP contribution in [0.1, 0.15) is 43.5 Å². The van der Waals surface area contributed by atoms with Crippen LogP contribution in [0.2, 0.25) is 0 Å². The minimum Gasteiger partial charge on any atom is -0.387 e. The molecule has 4 rings (SSSR count). The summed E-state index contributed by atoms with van der Waals surface area (Å²) >= 11 is 0. The van der Waals surface area contributed by atoms with E-state index in [2.05, 4.69) is 35.9 Å². The Hall–Kier alpha value is -3.47. The van der Waals surface area contributed by atoms with Gasteiger partial charge in [-0.15, -0.1) is 0 Å². The van der Waals surface area contributed by atoms with Crippen LogP contribution in [0.15, 0.2) is 36.8 Å². The smallest absolute Gasteiger partial charge is 0.255 e. The van der Waals surface area contributed by atoms with Crippen LogP contribution in [-0.2, 0) is 0 Å². The first-order chi connectivity index (χ1) is 16.2. The van der Waals surface area contributed by atoms with E-state index in [0.717, 1.165) is 6.42 Å². The molecule has 1 saturated carbocycles. The molecular weight excluding hydrogens is 444 g/mol. The molecule has 0 radical (unpaired) electrons. The summed E-state index contributed by atoms with van der Waals surface area (Å²) in [4.78, 5) is 29.8. The number of carbonyl (C=O) groups is 1. The molecule has 3 atom stereocenters. The molecule has 0 bridgehead atoms. The summed E-state index contributed by atoms with van der Waals surface area (Å²) in [6.07, 6.45) is 3.66. The van der Waals surface area contributed by atoms with E-state index >= 15 is 0 Å². The normalized spacial score (nSPS) is 19.1. The van der Waals surface area contributed by atoms with Gasteiger partial charge in [-0.1, -0.05) is 0 Å². The molecule has 0 aliphatic heterocycles. The minimum absolute atomic E-state index is 0.135. The Morgan fingerprint density at radius 2 is 2.06 bits per heavy atom. The molecule has 34 heavy (non-hydrogen) atoms. The summed E-state index contributed by atoms with van der Waals surface area (Å²) in [5.41, 5.74) is 0.180. The maximum atomic E-state index is 14.3. The Balaban J connectivity index is 1.57. The van der Waals surface area contributed by atoms with E-state index in [4.69, 9.17) is 0 Å². The number of nitrogens with zero attached hydrogens (tertiary/aromatic N) is 4. The second kappa shape index (κ2) is 9.80. The quantitative estimate of drug-likeness (QED) is 0.394. The molecule has 11 heteroatoms. The zero-order chi connectivity index (χ0) is 24.3. The van der Waals surface area contributed by atoms with Gasteiger partial charge in [-0.3, -0.25) is 9.78 Å². The van der Waals surface area contributed by atoms with E-state index in [0.29, 0.717) is 35.4 Å². The number of aliphatic hydroxyl groups is 1. The van der Waals surface area contributed by atoms with Gasteiger partial charge in [0, 0.05) is 18.5 Å². The van der Waals surface area contributed by atoms with Crippen LogP contribution in [0, 0.1) is 0 Å². The summed E-state index contributed by atoms with van der Waals surface area (Å²) in [5.74, 6) is 0.0382. The van der Waals surface area contributed by atoms with Crippen LogP contribution < -0.4 is 16.0 Å². The van der Waals surface area contributed by atoms with E-state index < -0.39 is 29.9 Å². The number of rotatable bonds is 8. The summed E-state index contributed by atoms with van der Waals surface area (Å²) in [5, 5.41) is 18.3. The van der Waals surface area contributed by atoms with Crippen molar-refractivity contribution in [3.05, 3.63) is 42.4 Å². The molecule has 1 amide bonds. The Bertz CT molecular complexity index is 1170. The Labute approximate surface area is 195 Å². The van der Waals surface area contributed by atoms with Crippen molar-refractivity contribution in [3.8, 4) is 0 Å². The van der Waals surface area contributed by atoms with Gasteiger partial charge in [0.05, 0.1) is 41.2 Å². The lowest BCUT2D eigenvalue weighted by Gasteiger charge is -2.23. The molecule has 3 aromatic rings. The summed E-state index contributed by atoms with van der Waals surface area (Å²) in [6, 6.07) is 4.69. The topological polar surface area (TPSA) is 125 Å². The van der Waals surface area contributed by atoms with Gasteiger partial charge < -0.3 is 21.1 Å². The summed E-state index contributed by atoms with van der Waals surface area (Å²) < 4.78 is 28.4. The molecule has 0 unspecified atom stereocenters. The van der Waals surface area contributed by atoms with Crippen molar-refractivity contribution in [1.82, 2.24) is 25.3 Å². The van der Waals surface area contributed by atoms with Gasteiger partial charge in [0.1, 0.15) is 23.7 Å². The fraction of sp³-hybridized carbons (Fsp3) is 0.435. The van der Waals surface area contributed by atoms with E-state index in [-0.39, 0.29) is 18.1 Å². The van der Waals surface area contributed by atoms with Crippen molar-refractivity contribution in [2.75, 3.05) is 17.2 Å². The number of anilines is 3. The number of hydrogen-bond donors (Lipinski definition) is 4. The van der Waals surface area contributed by atoms with Gasteiger partial charge in [0.25, 0.3) is 5.91 Å². The third kappa shape index (κ3) is 5.53. The molecule has 0 spiro atoms. The Morgan fingerprint density at radius 1 is 1.24 bits per heavy atom. The maximum Gasteiger partial charge on any atom is 0.255 e. The van der Waals surface area contributed by atoms with Crippen molar-refractivity contribution in [1.29, 1.82) is 0 Å². The first-order valence-corrected chi connectivity index (χ1v) is 11.1. The highest BCUT2D eigenvalue weighted by Gasteiger charge is 2.29. The van der Waals surface area contributed by atoms with E-state index in [1.165, 1.54) is 20.0 Å². The second-order valence-corrected chi connectivity index (χ2v) is 8.87. The van der Waals surface area contributed by atoms with Gasteiger partial charge in [0.15, 0.2) is 0 Å². The number of amides is 1. The van der Waals surface area contributed by atoms with Gasteiger partial charge >= 0.3 is 0 Å². The van der Waals surface area contributed by atoms with Crippen molar-refractivity contribution in [3.63, 3.8) is 0 Å². The van der Waals surface area contributed by atoms with Crippen molar-refractivity contribution in [2.45, 2.75) is 57.1 Å². The molecule has 0 saturated heterocycles. The number of pyridine rings is 2. The number of aromatic nitrogens is 4.